The van der Waals surface area contributed by atoms with E-state index in [0.717, 1.165) is 0 Å². The summed E-state index contributed by atoms with van der Waals surface area (Å²) in [5.74, 6) is -1.55. The summed E-state index contributed by atoms with van der Waals surface area (Å²) in [6.07, 6.45) is 1.09. The van der Waals surface area contributed by atoms with E-state index in [-0.39, 0.29) is 16.3 Å². The number of likely N-dealkylation sites (tertiary alicyclic amines) is 1. The lowest BCUT2D eigenvalue weighted by atomic mass is 10.1. The van der Waals surface area contributed by atoms with Gasteiger partial charge in [-0.2, -0.15) is 0 Å². The van der Waals surface area contributed by atoms with Crippen molar-refractivity contribution in [2.45, 2.75) is 18.9 Å². The molecule has 1 aliphatic heterocycles. The summed E-state index contributed by atoms with van der Waals surface area (Å²) in [4.78, 5) is 24.5. The Hall–Kier alpha value is -1.75. The highest BCUT2D eigenvalue weighted by molar-refractivity contribution is 6.33. The van der Waals surface area contributed by atoms with Crippen molar-refractivity contribution in [1.82, 2.24) is 4.90 Å². The molecule has 0 aromatic heterocycles. The first-order valence-corrected chi connectivity index (χ1v) is 5.91. The molecule has 2 rings (SSSR count). The molecule has 1 saturated heterocycles. The molecular formula is C12H12ClNO4. The average molecular weight is 270 g/mol. The molecule has 0 bridgehead atoms. The fourth-order valence-electron chi connectivity index (χ4n) is 2.10. The average Bonchev–Trinajstić information content (AvgIpc) is 2.80. The van der Waals surface area contributed by atoms with Crippen LogP contribution in [0.3, 0.4) is 0 Å². The zero-order valence-corrected chi connectivity index (χ0v) is 10.2. The molecule has 6 heteroatoms. The van der Waals surface area contributed by atoms with E-state index in [0.29, 0.717) is 19.4 Å². The van der Waals surface area contributed by atoms with Crippen LogP contribution in [0.4, 0.5) is 0 Å². The molecule has 0 saturated carbocycles. The van der Waals surface area contributed by atoms with E-state index in [2.05, 4.69) is 0 Å². The molecule has 1 heterocycles. The van der Waals surface area contributed by atoms with Crippen LogP contribution in [0, 0.1) is 0 Å². The van der Waals surface area contributed by atoms with Crippen LogP contribution in [0.25, 0.3) is 0 Å². The molecule has 0 aliphatic carbocycles. The summed E-state index contributed by atoms with van der Waals surface area (Å²) < 4.78 is 0. The van der Waals surface area contributed by atoms with Gasteiger partial charge in [-0.15, -0.1) is 0 Å². The number of nitrogens with zero attached hydrogens (tertiary/aromatic N) is 1. The number of hydrogen-bond donors (Lipinski definition) is 2. The first kappa shape index (κ1) is 12.7. The molecule has 1 aromatic carbocycles. The largest absolute Gasteiger partial charge is 0.508 e. The van der Waals surface area contributed by atoms with Crippen LogP contribution < -0.4 is 0 Å². The Balaban J connectivity index is 2.31. The van der Waals surface area contributed by atoms with E-state index in [4.69, 9.17) is 16.7 Å². The lowest BCUT2D eigenvalue weighted by Gasteiger charge is -2.21. The van der Waals surface area contributed by atoms with Gasteiger partial charge in [0.2, 0.25) is 0 Å². The van der Waals surface area contributed by atoms with Crippen LogP contribution in [-0.4, -0.2) is 39.6 Å². The van der Waals surface area contributed by atoms with Gasteiger partial charge in [-0.3, -0.25) is 4.79 Å². The number of amides is 1. The Morgan fingerprint density at radius 1 is 1.39 bits per heavy atom. The van der Waals surface area contributed by atoms with Gasteiger partial charge in [0.05, 0.1) is 10.6 Å². The normalized spacial score (nSPS) is 18.9. The third-order valence-corrected chi connectivity index (χ3v) is 3.31. The van der Waals surface area contributed by atoms with E-state index >= 15 is 0 Å². The Labute approximate surface area is 109 Å². The van der Waals surface area contributed by atoms with Crippen LogP contribution in [0.2, 0.25) is 5.02 Å². The summed E-state index contributed by atoms with van der Waals surface area (Å²) in [5, 5.41) is 18.6. The fourth-order valence-corrected chi connectivity index (χ4v) is 2.30. The number of phenols is 1. The number of carbonyl (C=O) groups is 2. The number of rotatable bonds is 2. The van der Waals surface area contributed by atoms with Gasteiger partial charge >= 0.3 is 5.97 Å². The lowest BCUT2D eigenvalue weighted by molar-refractivity contribution is -0.141. The van der Waals surface area contributed by atoms with Crippen molar-refractivity contribution >= 4 is 23.5 Å². The SMILES string of the molecule is O=C(O)C1CCCN1C(=O)c1cc(O)ccc1Cl. The maximum absolute atomic E-state index is 12.2. The number of hydrogen-bond acceptors (Lipinski definition) is 3. The molecule has 1 amide bonds. The number of benzene rings is 1. The highest BCUT2D eigenvalue weighted by Crippen LogP contribution is 2.26. The van der Waals surface area contributed by atoms with Crippen LogP contribution >= 0.6 is 11.6 Å². The first-order chi connectivity index (χ1) is 8.50. The van der Waals surface area contributed by atoms with E-state index in [9.17, 15) is 14.7 Å². The molecule has 5 nitrogen and oxygen atoms in total. The zero-order chi connectivity index (χ0) is 13.3. The maximum Gasteiger partial charge on any atom is 0.326 e. The maximum atomic E-state index is 12.2. The van der Waals surface area contributed by atoms with Gasteiger partial charge in [-0.05, 0) is 31.0 Å². The second kappa shape index (κ2) is 4.86. The van der Waals surface area contributed by atoms with Crippen LogP contribution in [0.15, 0.2) is 18.2 Å². The van der Waals surface area contributed by atoms with Crippen LogP contribution in [0.1, 0.15) is 23.2 Å². The highest BCUT2D eigenvalue weighted by Gasteiger charge is 2.35. The Bertz CT molecular complexity index is 503. The number of carboxylic acids is 1. The zero-order valence-electron chi connectivity index (χ0n) is 9.47. The molecule has 1 aliphatic rings. The second-order valence-electron chi connectivity index (χ2n) is 4.16. The molecule has 0 spiro atoms. The molecule has 0 radical (unpaired) electrons. The summed E-state index contributed by atoms with van der Waals surface area (Å²) in [6.45, 7) is 0.391. The molecule has 1 unspecified atom stereocenters. The number of carboxylic acid groups (broad SMARTS) is 1. The monoisotopic (exact) mass is 269 g/mol. The van der Waals surface area contributed by atoms with Gasteiger partial charge < -0.3 is 15.1 Å². The molecule has 1 fully saturated rings. The van der Waals surface area contributed by atoms with Crippen LogP contribution in [-0.2, 0) is 4.79 Å². The van der Waals surface area contributed by atoms with E-state index < -0.39 is 17.9 Å². The van der Waals surface area contributed by atoms with Gasteiger partial charge in [0.15, 0.2) is 0 Å². The number of halogens is 1. The summed E-state index contributed by atoms with van der Waals surface area (Å²) >= 11 is 5.89. The van der Waals surface area contributed by atoms with E-state index in [1.54, 1.807) is 0 Å². The Kier molecular flexibility index (Phi) is 3.43. The Morgan fingerprint density at radius 2 is 2.11 bits per heavy atom. The summed E-state index contributed by atoms with van der Waals surface area (Å²) in [5.41, 5.74) is 0.129. The minimum atomic E-state index is -1.02. The third kappa shape index (κ3) is 2.26. The standard InChI is InChI=1S/C12H12ClNO4/c13-9-4-3-7(15)6-8(9)11(16)14-5-1-2-10(14)12(17)18/h3-4,6,10,15H,1-2,5H2,(H,17,18). The summed E-state index contributed by atoms with van der Waals surface area (Å²) in [7, 11) is 0. The number of aromatic hydroxyl groups is 1. The van der Waals surface area contributed by atoms with Crippen molar-refractivity contribution in [3.05, 3.63) is 28.8 Å². The van der Waals surface area contributed by atoms with Crippen LogP contribution in [0.5, 0.6) is 5.75 Å². The van der Waals surface area contributed by atoms with E-state index in [1.807, 2.05) is 0 Å². The van der Waals surface area contributed by atoms with E-state index in [1.165, 1.54) is 23.1 Å². The molecule has 1 aromatic rings. The fraction of sp³-hybridized carbons (Fsp3) is 0.333. The predicted molar refractivity (Wildman–Crippen MR) is 64.8 cm³/mol. The van der Waals surface area contributed by atoms with Crippen molar-refractivity contribution in [1.29, 1.82) is 0 Å². The van der Waals surface area contributed by atoms with Gasteiger partial charge in [0.25, 0.3) is 5.91 Å². The highest BCUT2D eigenvalue weighted by atomic mass is 35.5. The number of carbonyl (C=O) groups excluding carboxylic acids is 1. The summed E-state index contributed by atoms with van der Waals surface area (Å²) in [6, 6.07) is 3.23. The minimum Gasteiger partial charge on any atom is -0.508 e. The van der Waals surface area contributed by atoms with Crippen molar-refractivity contribution in [3.8, 4) is 5.75 Å². The molecule has 96 valence electrons. The molecule has 2 N–H and O–H groups in total. The number of aliphatic carboxylic acids is 1. The number of phenolic OH excluding ortho intramolecular Hbond substituents is 1. The minimum absolute atomic E-state index is 0.0752. The van der Waals surface area contributed by atoms with Crippen molar-refractivity contribution in [3.63, 3.8) is 0 Å². The van der Waals surface area contributed by atoms with Gasteiger partial charge in [0.1, 0.15) is 11.8 Å². The van der Waals surface area contributed by atoms with Gasteiger partial charge in [0, 0.05) is 6.54 Å². The molecule has 1 atom stereocenters. The van der Waals surface area contributed by atoms with Gasteiger partial charge in [-0.25, -0.2) is 4.79 Å². The Morgan fingerprint density at radius 3 is 2.78 bits per heavy atom. The van der Waals surface area contributed by atoms with Crippen molar-refractivity contribution in [2.75, 3.05) is 6.54 Å². The predicted octanol–water partition coefficient (Wildman–Crippen LogP) is 1.73. The topological polar surface area (TPSA) is 77.8 Å². The molecular weight excluding hydrogens is 258 g/mol. The third-order valence-electron chi connectivity index (χ3n) is 2.98. The second-order valence-corrected chi connectivity index (χ2v) is 4.57. The van der Waals surface area contributed by atoms with Gasteiger partial charge in [-0.1, -0.05) is 11.6 Å². The smallest absolute Gasteiger partial charge is 0.326 e. The first-order valence-electron chi connectivity index (χ1n) is 5.53. The van der Waals surface area contributed by atoms with Crippen molar-refractivity contribution in [2.24, 2.45) is 0 Å². The molecule has 18 heavy (non-hydrogen) atoms. The van der Waals surface area contributed by atoms with Crippen molar-refractivity contribution < 1.29 is 19.8 Å². The quantitative estimate of drug-likeness (QED) is 0.857. The lowest BCUT2D eigenvalue weighted by Crippen LogP contribution is -2.40.